The van der Waals surface area contributed by atoms with E-state index in [1.807, 2.05) is 49.4 Å². The molecular weight excluding hydrogens is 523 g/mol. The second-order valence-corrected chi connectivity index (χ2v) is 9.86. The Morgan fingerprint density at radius 1 is 0.900 bits per heavy atom. The minimum atomic E-state index is -4.50. The Morgan fingerprint density at radius 2 is 1.60 bits per heavy atom. The largest absolute Gasteiger partial charge is 0.464 e. The molecular formula is C30H34F3N3O4. The fourth-order valence-electron chi connectivity index (χ4n) is 4.60. The molecule has 4 rings (SSSR count). The van der Waals surface area contributed by atoms with E-state index in [1.165, 1.54) is 4.90 Å². The summed E-state index contributed by atoms with van der Waals surface area (Å²) in [5.74, 6) is 0.571. The molecule has 1 aliphatic heterocycles. The van der Waals surface area contributed by atoms with E-state index in [1.54, 1.807) is 4.90 Å². The number of carbonyl (C=O) groups excluding carboxylic acids is 2. The highest BCUT2D eigenvalue weighted by atomic mass is 19.4. The molecule has 0 unspecified atom stereocenters. The fourth-order valence-corrected chi connectivity index (χ4v) is 4.60. The van der Waals surface area contributed by atoms with Gasteiger partial charge in [0.1, 0.15) is 18.1 Å². The van der Waals surface area contributed by atoms with Gasteiger partial charge in [0.2, 0.25) is 5.91 Å². The second-order valence-electron chi connectivity index (χ2n) is 9.86. The Kier molecular flexibility index (Phi) is 10.0. The predicted octanol–water partition coefficient (Wildman–Crippen LogP) is 5.00. The van der Waals surface area contributed by atoms with Gasteiger partial charge in [0.15, 0.2) is 0 Å². The lowest BCUT2D eigenvalue weighted by Crippen LogP contribution is -2.44. The molecule has 2 heterocycles. The molecule has 0 aliphatic carbocycles. The summed E-state index contributed by atoms with van der Waals surface area (Å²) in [6.45, 7) is 6.02. The van der Waals surface area contributed by atoms with Gasteiger partial charge >= 0.3 is 6.18 Å². The van der Waals surface area contributed by atoms with Crippen LogP contribution >= 0.6 is 0 Å². The van der Waals surface area contributed by atoms with Crippen LogP contribution in [0.5, 0.6) is 0 Å². The highest BCUT2D eigenvalue weighted by Gasteiger charge is 2.31. The van der Waals surface area contributed by atoms with Crippen molar-refractivity contribution in [1.29, 1.82) is 0 Å². The van der Waals surface area contributed by atoms with Crippen molar-refractivity contribution in [3.05, 3.63) is 94.9 Å². The average Bonchev–Trinajstić information content (AvgIpc) is 3.36. The van der Waals surface area contributed by atoms with Crippen LogP contribution in [0.15, 0.2) is 71.1 Å². The Balaban J connectivity index is 1.51. The number of aryl methyl sites for hydroxylation is 1. The SMILES string of the molecule is Cc1ccc(CN(Cc2ccccc2)C(=O)CN(CCCN2CCOCC2)C(=O)c2ccc(C(F)(F)F)cc2)o1. The number of furan rings is 1. The third-order valence-electron chi connectivity index (χ3n) is 6.79. The number of alkyl halides is 3. The van der Waals surface area contributed by atoms with Crippen molar-refractivity contribution in [2.24, 2.45) is 0 Å². The average molecular weight is 558 g/mol. The predicted molar refractivity (Wildman–Crippen MR) is 143 cm³/mol. The van der Waals surface area contributed by atoms with E-state index in [0.717, 1.165) is 48.7 Å². The van der Waals surface area contributed by atoms with E-state index in [0.29, 0.717) is 38.5 Å². The Bertz CT molecular complexity index is 1240. The van der Waals surface area contributed by atoms with Crippen molar-refractivity contribution in [3.63, 3.8) is 0 Å². The first-order chi connectivity index (χ1) is 19.2. The van der Waals surface area contributed by atoms with Gasteiger partial charge in [-0.15, -0.1) is 0 Å². The first kappa shape index (κ1) is 29.4. The maximum Gasteiger partial charge on any atom is 0.416 e. The maximum absolute atomic E-state index is 13.7. The molecule has 10 heteroatoms. The smallest absolute Gasteiger partial charge is 0.416 e. The monoisotopic (exact) mass is 557 g/mol. The van der Waals surface area contributed by atoms with E-state index < -0.39 is 17.6 Å². The molecule has 0 radical (unpaired) electrons. The molecule has 214 valence electrons. The Hall–Kier alpha value is -3.63. The number of halogens is 3. The molecule has 1 aromatic heterocycles. The van der Waals surface area contributed by atoms with Gasteiger partial charge in [0.05, 0.1) is 25.3 Å². The molecule has 0 bridgehead atoms. The quantitative estimate of drug-likeness (QED) is 0.332. The van der Waals surface area contributed by atoms with Crippen LogP contribution in [0, 0.1) is 6.92 Å². The lowest BCUT2D eigenvalue weighted by atomic mass is 10.1. The van der Waals surface area contributed by atoms with Gasteiger partial charge in [-0.1, -0.05) is 30.3 Å². The first-order valence-corrected chi connectivity index (χ1v) is 13.3. The van der Waals surface area contributed by atoms with E-state index in [9.17, 15) is 22.8 Å². The highest BCUT2D eigenvalue weighted by Crippen LogP contribution is 2.29. The Morgan fingerprint density at radius 3 is 2.23 bits per heavy atom. The normalized spacial score (nSPS) is 14.2. The third kappa shape index (κ3) is 8.43. The summed E-state index contributed by atoms with van der Waals surface area (Å²) >= 11 is 0. The van der Waals surface area contributed by atoms with E-state index in [2.05, 4.69) is 4.90 Å². The van der Waals surface area contributed by atoms with E-state index in [-0.39, 0.29) is 31.1 Å². The van der Waals surface area contributed by atoms with Crippen LogP contribution in [0.1, 0.15) is 39.4 Å². The van der Waals surface area contributed by atoms with Crippen molar-refractivity contribution in [1.82, 2.24) is 14.7 Å². The second kappa shape index (κ2) is 13.6. The van der Waals surface area contributed by atoms with Crippen molar-refractivity contribution in [3.8, 4) is 0 Å². The van der Waals surface area contributed by atoms with Crippen molar-refractivity contribution >= 4 is 11.8 Å². The minimum Gasteiger partial charge on any atom is -0.464 e. The lowest BCUT2D eigenvalue weighted by molar-refractivity contribution is -0.137. The zero-order valence-corrected chi connectivity index (χ0v) is 22.5. The number of amides is 2. The molecule has 1 aliphatic rings. The van der Waals surface area contributed by atoms with Crippen LogP contribution in [-0.2, 0) is 28.8 Å². The molecule has 2 aromatic carbocycles. The van der Waals surface area contributed by atoms with Gasteiger partial charge in [-0.3, -0.25) is 14.5 Å². The molecule has 0 saturated carbocycles. The Labute approximate surface area is 232 Å². The molecule has 1 saturated heterocycles. The van der Waals surface area contributed by atoms with Crippen molar-refractivity contribution in [2.75, 3.05) is 45.9 Å². The van der Waals surface area contributed by atoms with Gasteiger partial charge in [0, 0.05) is 38.3 Å². The number of carbonyl (C=O) groups is 2. The number of hydrogen-bond acceptors (Lipinski definition) is 5. The van der Waals surface area contributed by atoms with E-state index >= 15 is 0 Å². The molecule has 2 amide bonds. The van der Waals surface area contributed by atoms with Crippen LogP contribution in [0.4, 0.5) is 13.2 Å². The zero-order chi connectivity index (χ0) is 28.5. The number of nitrogens with zero attached hydrogens (tertiary/aromatic N) is 3. The molecule has 1 fully saturated rings. The molecule has 0 spiro atoms. The number of rotatable bonds is 11. The number of ether oxygens (including phenoxy) is 1. The summed E-state index contributed by atoms with van der Waals surface area (Å²) in [4.78, 5) is 32.4. The van der Waals surface area contributed by atoms with Gasteiger partial charge in [-0.05, 0) is 55.3 Å². The highest BCUT2D eigenvalue weighted by molar-refractivity contribution is 5.96. The summed E-state index contributed by atoms with van der Waals surface area (Å²) in [6, 6.07) is 17.3. The summed E-state index contributed by atoms with van der Waals surface area (Å²) in [5.41, 5.74) is 0.192. The van der Waals surface area contributed by atoms with Gasteiger partial charge < -0.3 is 19.0 Å². The number of benzene rings is 2. The zero-order valence-electron chi connectivity index (χ0n) is 22.5. The minimum absolute atomic E-state index is 0.100. The van der Waals surface area contributed by atoms with Crippen LogP contribution in [-0.4, -0.2) is 72.5 Å². The maximum atomic E-state index is 13.7. The number of morpholine rings is 1. The van der Waals surface area contributed by atoms with Gasteiger partial charge in [-0.2, -0.15) is 13.2 Å². The van der Waals surface area contributed by atoms with Gasteiger partial charge in [0.25, 0.3) is 5.91 Å². The summed E-state index contributed by atoms with van der Waals surface area (Å²) in [5, 5.41) is 0. The number of hydrogen-bond donors (Lipinski definition) is 0. The molecule has 40 heavy (non-hydrogen) atoms. The van der Waals surface area contributed by atoms with Gasteiger partial charge in [-0.25, -0.2) is 0 Å². The van der Waals surface area contributed by atoms with Crippen LogP contribution in [0.2, 0.25) is 0 Å². The standard InChI is InChI=1S/C30H34F3N3O4/c1-23-8-13-27(40-23)21-36(20-24-6-3-2-4-7-24)28(37)22-35(15-5-14-34-16-18-39-19-17-34)29(38)25-9-11-26(12-10-25)30(31,32)33/h2-4,6-13H,5,14-22H2,1H3. The third-order valence-corrected chi connectivity index (χ3v) is 6.79. The molecule has 3 aromatic rings. The lowest BCUT2D eigenvalue weighted by Gasteiger charge is -2.30. The summed E-state index contributed by atoms with van der Waals surface area (Å²) in [7, 11) is 0. The summed E-state index contributed by atoms with van der Waals surface area (Å²) < 4.78 is 50.3. The van der Waals surface area contributed by atoms with Crippen molar-refractivity contribution < 1.29 is 31.9 Å². The van der Waals surface area contributed by atoms with Crippen LogP contribution < -0.4 is 0 Å². The first-order valence-electron chi connectivity index (χ1n) is 13.3. The molecule has 7 nitrogen and oxygen atoms in total. The van der Waals surface area contributed by atoms with Crippen molar-refractivity contribution in [2.45, 2.75) is 32.6 Å². The summed E-state index contributed by atoms with van der Waals surface area (Å²) in [6.07, 6.45) is -3.90. The topological polar surface area (TPSA) is 66.2 Å². The molecule has 0 atom stereocenters. The van der Waals surface area contributed by atoms with Crippen LogP contribution in [0.25, 0.3) is 0 Å². The van der Waals surface area contributed by atoms with Crippen LogP contribution in [0.3, 0.4) is 0 Å². The van der Waals surface area contributed by atoms with E-state index in [4.69, 9.17) is 9.15 Å². The molecule has 0 N–H and O–H groups in total. The fraction of sp³-hybridized carbons (Fsp3) is 0.400.